The van der Waals surface area contributed by atoms with E-state index in [1.165, 1.54) is 12.8 Å². The predicted molar refractivity (Wildman–Crippen MR) is 81.9 cm³/mol. The maximum absolute atomic E-state index is 12.1. The molecule has 0 spiro atoms. The largest absolute Gasteiger partial charge is 0.376 e. The van der Waals surface area contributed by atoms with E-state index in [1.54, 1.807) is 0 Å². The van der Waals surface area contributed by atoms with Gasteiger partial charge in [-0.25, -0.2) is 0 Å². The first-order valence-corrected chi connectivity index (χ1v) is 8.52. The van der Waals surface area contributed by atoms with Crippen LogP contribution in [0.15, 0.2) is 0 Å². The molecule has 2 aliphatic carbocycles. The third-order valence-electron chi connectivity index (χ3n) is 5.42. The molecule has 1 saturated heterocycles. The highest BCUT2D eigenvalue weighted by Crippen LogP contribution is 2.40. The van der Waals surface area contributed by atoms with E-state index < -0.39 is 5.54 Å². The summed E-state index contributed by atoms with van der Waals surface area (Å²) < 4.78 is 5.59. The fourth-order valence-electron chi connectivity index (χ4n) is 4.08. The molecule has 0 radical (unpaired) electrons. The molecule has 5 heteroatoms. The molecule has 21 heavy (non-hydrogen) atoms. The van der Waals surface area contributed by atoms with Crippen LogP contribution in [-0.2, 0) is 9.53 Å². The van der Waals surface area contributed by atoms with Crippen molar-refractivity contribution >= 4 is 5.91 Å². The summed E-state index contributed by atoms with van der Waals surface area (Å²) in [7, 11) is 0. The zero-order chi connectivity index (χ0) is 14.9. The Morgan fingerprint density at radius 2 is 2.24 bits per heavy atom. The highest BCUT2D eigenvalue weighted by atomic mass is 16.5. The van der Waals surface area contributed by atoms with Crippen LogP contribution >= 0.6 is 0 Å². The van der Waals surface area contributed by atoms with Crippen molar-refractivity contribution in [2.45, 2.75) is 63.1 Å². The number of hydrogen-bond acceptors (Lipinski definition) is 4. The summed E-state index contributed by atoms with van der Waals surface area (Å²) in [6.45, 7) is 6.03. The summed E-state index contributed by atoms with van der Waals surface area (Å²) in [5, 5.41) is 3.59. The zero-order valence-corrected chi connectivity index (χ0v) is 13.1. The topological polar surface area (TPSA) is 67.6 Å². The van der Waals surface area contributed by atoms with E-state index in [9.17, 15) is 4.79 Å². The van der Waals surface area contributed by atoms with Crippen molar-refractivity contribution in [3.63, 3.8) is 0 Å². The molecule has 3 unspecified atom stereocenters. The molecule has 0 aromatic heterocycles. The second-order valence-corrected chi connectivity index (χ2v) is 7.11. The number of carbonyl (C=O) groups is 1. The van der Waals surface area contributed by atoms with Crippen LogP contribution in [0.3, 0.4) is 0 Å². The highest BCUT2D eigenvalue weighted by Gasteiger charge is 2.49. The van der Waals surface area contributed by atoms with E-state index in [1.807, 2.05) is 0 Å². The van der Waals surface area contributed by atoms with Gasteiger partial charge in [-0.05, 0) is 51.5 Å². The minimum Gasteiger partial charge on any atom is -0.376 e. The van der Waals surface area contributed by atoms with Crippen LogP contribution in [0.1, 0.15) is 45.4 Å². The molecule has 3 fully saturated rings. The van der Waals surface area contributed by atoms with Gasteiger partial charge in [-0.15, -0.1) is 0 Å². The number of nitrogens with zero attached hydrogens (tertiary/aromatic N) is 1. The molecule has 3 atom stereocenters. The van der Waals surface area contributed by atoms with Crippen molar-refractivity contribution in [1.82, 2.24) is 10.2 Å². The molecular weight excluding hydrogens is 266 g/mol. The lowest BCUT2D eigenvalue weighted by molar-refractivity contribution is -0.126. The molecule has 0 aromatic rings. The molecule has 3 rings (SSSR count). The highest BCUT2D eigenvalue weighted by molar-refractivity contribution is 5.85. The van der Waals surface area contributed by atoms with E-state index in [0.29, 0.717) is 18.1 Å². The zero-order valence-electron chi connectivity index (χ0n) is 13.1. The van der Waals surface area contributed by atoms with Gasteiger partial charge < -0.3 is 15.8 Å². The van der Waals surface area contributed by atoms with Gasteiger partial charge >= 0.3 is 0 Å². The third kappa shape index (κ3) is 3.41. The summed E-state index contributed by atoms with van der Waals surface area (Å²) in [4.78, 5) is 14.6. The second kappa shape index (κ2) is 6.23. The smallest absolute Gasteiger partial charge is 0.238 e. The average Bonchev–Trinajstić information content (AvgIpc) is 3.15. The summed E-state index contributed by atoms with van der Waals surface area (Å²) in [6.07, 6.45) is 6.95. The summed E-state index contributed by atoms with van der Waals surface area (Å²) in [5.74, 6) is 0.265. The molecule has 2 saturated carbocycles. The van der Waals surface area contributed by atoms with Crippen molar-refractivity contribution in [2.24, 2.45) is 11.7 Å². The third-order valence-corrected chi connectivity index (χ3v) is 5.42. The van der Waals surface area contributed by atoms with Crippen LogP contribution in [-0.4, -0.2) is 54.7 Å². The minimum absolute atomic E-state index is 0.132. The normalized spacial score (nSPS) is 37.8. The molecule has 0 aromatic carbocycles. The van der Waals surface area contributed by atoms with Gasteiger partial charge in [0.05, 0.1) is 12.7 Å². The molecule has 120 valence electrons. The number of nitrogens with two attached hydrogens (primary N) is 1. The first-order chi connectivity index (χ1) is 10.1. The maximum Gasteiger partial charge on any atom is 0.238 e. The Kier molecular flexibility index (Phi) is 4.52. The van der Waals surface area contributed by atoms with E-state index in [-0.39, 0.29) is 5.91 Å². The first-order valence-electron chi connectivity index (χ1n) is 8.52. The summed E-state index contributed by atoms with van der Waals surface area (Å²) in [5.41, 5.74) is 5.36. The molecule has 1 aliphatic heterocycles. The minimum atomic E-state index is -0.431. The van der Waals surface area contributed by atoms with Crippen molar-refractivity contribution in [2.75, 3.05) is 26.2 Å². The Balaban J connectivity index is 1.58. The van der Waals surface area contributed by atoms with Gasteiger partial charge in [0, 0.05) is 19.1 Å². The van der Waals surface area contributed by atoms with Gasteiger partial charge in [0.2, 0.25) is 5.91 Å². The van der Waals surface area contributed by atoms with E-state index in [4.69, 9.17) is 10.5 Å². The monoisotopic (exact) mass is 295 g/mol. The quantitative estimate of drug-likeness (QED) is 0.763. The van der Waals surface area contributed by atoms with Crippen LogP contribution in [0.2, 0.25) is 0 Å². The van der Waals surface area contributed by atoms with Crippen molar-refractivity contribution in [3.8, 4) is 0 Å². The first kappa shape index (κ1) is 15.3. The van der Waals surface area contributed by atoms with Crippen molar-refractivity contribution < 1.29 is 9.53 Å². The number of amides is 1. The Bertz CT molecular complexity index is 386. The van der Waals surface area contributed by atoms with E-state index >= 15 is 0 Å². The number of primary amides is 1. The fourth-order valence-corrected chi connectivity index (χ4v) is 4.08. The van der Waals surface area contributed by atoms with Gasteiger partial charge in [-0.2, -0.15) is 0 Å². The lowest BCUT2D eigenvalue weighted by Gasteiger charge is -2.36. The number of carbonyl (C=O) groups excluding carboxylic acids is 1. The SMILES string of the molecule is CC1CN(CCC2CCCC2(NC2CC2)C(N)=O)CCO1. The molecule has 1 heterocycles. The van der Waals surface area contributed by atoms with Crippen LogP contribution in [0, 0.1) is 5.92 Å². The summed E-state index contributed by atoms with van der Waals surface area (Å²) in [6, 6.07) is 0.529. The Morgan fingerprint density at radius 1 is 1.43 bits per heavy atom. The van der Waals surface area contributed by atoms with Crippen molar-refractivity contribution in [1.29, 1.82) is 0 Å². The number of rotatable bonds is 6. The maximum atomic E-state index is 12.1. The van der Waals surface area contributed by atoms with Gasteiger partial charge in [0.1, 0.15) is 5.54 Å². The van der Waals surface area contributed by atoms with Crippen LogP contribution < -0.4 is 11.1 Å². The van der Waals surface area contributed by atoms with Gasteiger partial charge in [0.25, 0.3) is 0 Å². The number of ether oxygens (including phenoxy) is 1. The van der Waals surface area contributed by atoms with Gasteiger partial charge in [-0.1, -0.05) is 6.42 Å². The molecule has 1 amide bonds. The Morgan fingerprint density at radius 3 is 2.90 bits per heavy atom. The van der Waals surface area contributed by atoms with Crippen LogP contribution in [0.5, 0.6) is 0 Å². The fraction of sp³-hybridized carbons (Fsp3) is 0.938. The van der Waals surface area contributed by atoms with Crippen LogP contribution in [0.4, 0.5) is 0 Å². The molecular formula is C16H29N3O2. The van der Waals surface area contributed by atoms with Crippen LogP contribution in [0.25, 0.3) is 0 Å². The Hall–Kier alpha value is -0.650. The molecule has 5 nitrogen and oxygen atoms in total. The molecule has 3 aliphatic rings. The molecule has 3 N–H and O–H groups in total. The lowest BCUT2D eigenvalue weighted by Crippen LogP contribution is -2.59. The Labute approximate surface area is 127 Å². The van der Waals surface area contributed by atoms with Gasteiger partial charge in [-0.3, -0.25) is 9.69 Å². The van der Waals surface area contributed by atoms with Gasteiger partial charge in [0.15, 0.2) is 0 Å². The average molecular weight is 295 g/mol. The number of hydrogen-bond donors (Lipinski definition) is 2. The second-order valence-electron chi connectivity index (χ2n) is 7.11. The molecule has 0 bridgehead atoms. The van der Waals surface area contributed by atoms with E-state index in [0.717, 1.165) is 51.9 Å². The van der Waals surface area contributed by atoms with Crippen molar-refractivity contribution in [3.05, 3.63) is 0 Å². The predicted octanol–water partition coefficient (Wildman–Crippen LogP) is 0.873. The number of nitrogens with one attached hydrogen (secondary N) is 1. The lowest BCUT2D eigenvalue weighted by atomic mass is 9.83. The standard InChI is InChI=1S/C16H29N3O2/c1-12-11-19(9-10-21-12)8-6-13-3-2-7-16(13,15(17)20)18-14-4-5-14/h12-14,18H,2-11H2,1H3,(H2,17,20). The summed E-state index contributed by atoms with van der Waals surface area (Å²) >= 11 is 0. The number of morpholine rings is 1. The van der Waals surface area contributed by atoms with E-state index in [2.05, 4.69) is 17.1 Å².